The van der Waals surface area contributed by atoms with Gasteiger partial charge in [-0.05, 0) is 111 Å². The summed E-state index contributed by atoms with van der Waals surface area (Å²) in [5.74, 6) is 0. The number of hydrogen-bond acceptors (Lipinski definition) is 1. The Hall–Kier alpha value is -5.89. The maximum absolute atomic E-state index is 2.48. The largest absolute Gasteiger partial charge is 0.0887 e. The smallest absolute Gasteiger partial charge is 0.0213 e. The summed E-state index contributed by atoms with van der Waals surface area (Å²) in [6.07, 6.45) is 0. The predicted octanol–water partition coefficient (Wildman–Crippen LogP) is 14.1. The lowest BCUT2D eigenvalue weighted by molar-refractivity contribution is 1.43. The molecule has 0 aromatic heterocycles. The highest BCUT2D eigenvalue weighted by Crippen LogP contribution is 2.54. The monoisotopic (exact) mass is 636 g/mol. The van der Waals surface area contributed by atoms with Crippen molar-refractivity contribution in [3.8, 4) is 33.4 Å². The molecule has 0 amide bonds. The summed E-state index contributed by atoms with van der Waals surface area (Å²) < 4.78 is 0. The van der Waals surface area contributed by atoms with Gasteiger partial charge in [0.05, 0.1) is 0 Å². The minimum absolute atomic E-state index is 1.24. The Morgan fingerprint density at radius 1 is 0.286 bits per heavy atom. The molecule has 0 fully saturated rings. The molecule has 0 unspecified atom stereocenters. The molecule has 10 aromatic rings. The molecule has 10 aromatic carbocycles. The number of rotatable bonds is 2. The van der Waals surface area contributed by atoms with Crippen LogP contribution in [0.4, 0.5) is 0 Å². The molecular weight excluding hydrogens is 609 g/mol. The van der Waals surface area contributed by atoms with Crippen molar-refractivity contribution in [1.29, 1.82) is 0 Å². The van der Waals surface area contributed by atoms with Gasteiger partial charge in [-0.3, -0.25) is 0 Å². The second-order valence-electron chi connectivity index (χ2n) is 13.2. The zero-order chi connectivity index (χ0) is 32.1. The molecule has 0 spiro atoms. The van der Waals surface area contributed by atoms with Crippen molar-refractivity contribution >= 4 is 76.4 Å². The molecule has 0 saturated carbocycles. The van der Waals surface area contributed by atoms with E-state index in [4.69, 9.17) is 0 Å². The molecule has 226 valence electrons. The lowest BCUT2D eigenvalue weighted by Gasteiger charge is -2.25. The minimum Gasteiger partial charge on any atom is -0.0887 e. The predicted molar refractivity (Wildman–Crippen MR) is 212 cm³/mol. The molecule has 1 heteroatoms. The second-order valence-corrected chi connectivity index (χ2v) is 14.3. The molecule has 0 saturated heterocycles. The van der Waals surface area contributed by atoms with Crippen LogP contribution < -0.4 is 0 Å². The second kappa shape index (κ2) is 10.3. The first-order valence-corrected chi connectivity index (χ1v) is 17.7. The molecule has 49 heavy (non-hydrogen) atoms. The van der Waals surface area contributed by atoms with Gasteiger partial charge in [0.25, 0.3) is 0 Å². The molecule has 0 N–H and O–H groups in total. The van der Waals surface area contributed by atoms with E-state index in [-0.39, 0.29) is 0 Å². The Balaban J connectivity index is 1.25. The van der Waals surface area contributed by atoms with E-state index in [0.717, 1.165) is 0 Å². The topological polar surface area (TPSA) is 0 Å². The molecule has 0 bridgehead atoms. The number of hydrogen-bond donors (Lipinski definition) is 0. The van der Waals surface area contributed by atoms with Gasteiger partial charge in [0.2, 0.25) is 0 Å². The first-order valence-electron chi connectivity index (χ1n) is 16.9. The molecular formula is C48H28S. The highest BCUT2D eigenvalue weighted by molar-refractivity contribution is 7.99. The number of benzene rings is 10. The van der Waals surface area contributed by atoms with Crippen LogP contribution in [0.15, 0.2) is 180 Å². The summed E-state index contributed by atoms with van der Waals surface area (Å²) in [6.45, 7) is 0. The standard InChI is InChI=1S/C48H28S/c1-2-13-29(14-3-1)40-26-41-34-19-8-9-20-35(34)43(27-42(41)33-18-7-6-17-32(33)40)44-28-46-48(38-22-11-10-21-36(38)44)39-24-12-23-37-31-16-5-4-15-30(31)25-45(49-46)47(37)39/h1-28H. The van der Waals surface area contributed by atoms with E-state index in [1.54, 1.807) is 0 Å². The first-order chi connectivity index (χ1) is 24.3. The SMILES string of the molecule is c1ccc(-c2cc3c4ccccc4c(-c4cc5c(c6ccccc46)-c4cccc6c4c(cc4ccccc46)S5)cc3c3ccccc23)cc1. The van der Waals surface area contributed by atoms with Crippen LogP contribution in [0.1, 0.15) is 0 Å². The van der Waals surface area contributed by atoms with Crippen LogP contribution >= 0.6 is 11.8 Å². The van der Waals surface area contributed by atoms with E-state index in [0.29, 0.717) is 0 Å². The van der Waals surface area contributed by atoms with E-state index >= 15 is 0 Å². The molecule has 1 aliphatic rings. The van der Waals surface area contributed by atoms with Crippen molar-refractivity contribution in [2.45, 2.75) is 9.79 Å². The van der Waals surface area contributed by atoms with Crippen molar-refractivity contribution in [2.75, 3.05) is 0 Å². The van der Waals surface area contributed by atoms with Crippen molar-refractivity contribution in [1.82, 2.24) is 0 Å². The maximum Gasteiger partial charge on any atom is 0.0213 e. The lowest BCUT2D eigenvalue weighted by atomic mass is 9.85. The fourth-order valence-corrected chi connectivity index (χ4v) is 9.74. The Bertz CT molecular complexity index is 3010. The fourth-order valence-electron chi connectivity index (χ4n) is 8.49. The van der Waals surface area contributed by atoms with Crippen molar-refractivity contribution in [3.63, 3.8) is 0 Å². The summed E-state index contributed by atoms with van der Waals surface area (Å²) in [7, 11) is 0. The zero-order valence-electron chi connectivity index (χ0n) is 26.6. The molecule has 1 aliphatic heterocycles. The third-order valence-corrected chi connectivity index (χ3v) is 11.7. The first kappa shape index (κ1) is 27.1. The summed E-state index contributed by atoms with van der Waals surface area (Å²) >= 11 is 1.92. The third kappa shape index (κ3) is 3.88. The molecule has 0 aliphatic carbocycles. The van der Waals surface area contributed by atoms with Gasteiger partial charge in [-0.25, -0.2) is 0 Å². The van der Waals surface area contributed by atoms with Crippen LogP contribution in [0.2, 0.25) is 0 Å². The van der Waals surface area contributed by atoms with Crippen LogP contribution in [0.5, 0.6) is 0 Å². The van der Waals surface area contributed by atoms with E-state index in [1.807, 2.05) is 11.8 Å². The van der Waals surface area contributed by atoms with E-state index < -0.39 is 0 Å². The number of fused-ring (bicyclic) bond motifs is 11. The molecule has 0 radical (unpaired) electrons. The molecule has 0 atom stereocenters. The fraction of sp³-hybridized carbons (Fsp3) is 0. The summed E-state index contributed by atoms with van der Waals surface area (Å²) in [6, 6.07) is 63.2. The zero-order valence-corrected chi connectivity index (χ0v) is 27.4. The molecule has 11 rings (SSSR count). The summed E-state index contributed by atoms with van der Waals surface area (Å²) in [5.41, 5.74) is 7.76. The van der Waals surface area contributed by atoms with Gasteiger partial charge in [-0.1, -0.05) is 157 Å². The van der Waals surface area contributed by atoms with Crippen LogP contribution in [0, 0.1) is 0 Å². The Morgan fingerprint density at radius 3 is 1.55 bits per heavy atom. The van der Waals surface area contributed by atoms with Crippen LogP contribution in [0.3, 0.4) is 0 Å². The van der Waals surface area contributed by atoms with Crippen molar-refractivity contribution < 1.29 is 0 Å². The summed E-state index contributed by atoms with van der Waals surface area (Å²) in [4.78, 5) is 2.65. The van der Waals surface area contributed by atoms with E-state index in [1.165, 1.54) is 108 Å². The van der Waals surface area contributed by atoms with Crippen LogP contribution in [-0.4, -0.2) is 0 Å². The summed E-state index contributed by atoms with van der Waals surface area (Å²) in [5, 5.41) is 15.6. The Labute approximate surface area is 288 Å². The van der Waals surface area contributed by atoms with Crippen molar-refractivity contribution in [2.24, 2.45) is 0 Å². The van der Waals surface area contributed by atoms with Gasteiger partial charge in [0, 0.05) is 20.7 Å². The van der Waals surface area contributed by atoms with Gasteiger partial charge in [0.1, 0.15) is 0 Å². The van der Waals surface area contributed by atoms with Gasteiger partial charge in [-0.2, -0.15) is 0 Å². The van der Waals surface area contributed by atoms with Gasteiger partial charge in [-0.15, -0.1) is 0 Å². The highest BCUT2D eigenvalue weighted by Gasteiger charge is 2.25. The van der Waals surface area contributed by atoms with Crippen molar-refractivity contribution in [3.05, 3.63) is 170 Å². The molecule has 1 heterocycles. The van der Waals surface area contributed by atoms with Gasteiger partial charge >= 0.3 is 0 Å². The third-order valence-electron chi connectivity index (χ3n) is 10.6. The Kier molecular flexibility index (Phi) is 5.70. The van der Waals surface area contributed by atoms with Gasteiger partial charge < -0.3 is 0 Å². The van der Waals surface area contributed by atoms with Crippen LogP contribution in [-0.2, 0) is 0 Å². The highest BCUT2D eigenvalue weighted by atomic mass is 32.2. The quantitative estimate of drug-likeness (QED) is 0.170. The maximum atomic E-state index is 2.48. The van der Waals surface area contributed by atoms with E-state index in [2.05, 4.69) is 170 Å². The molecule has 0 nitrogen and oxygen atoms in total. The average molecular weight is 637 g/mol. The van der Waals surface area contributed by atoms with Gasteiger partial charge in [0.15, 0.2) is 0 Å². The van der Waals surface area contributed by atoms with E-state index in [9.17, 15) is 0 Å². The minimum atomic E-state index is 1.24. The average Bonchev–Trinajstić information content (AvgIpc) is 3.17. The van der Waals surface area contributed by atoms with Crippen LogP contribution in [0.25, 0.3) is 98.0 Å². The Morgan fingerprint density at radius 2 is 0.816 bits per heavy atom. The lowest BCUT2D eigenvalue weighted by Crippen LogP contribution is -1.97. The normalized spacial score (nSPS) is 12.4.